The Kier molecular flexibility index (Phi) is 10.2. The van der Waals surface area contributed by atoms with Crippen LogP contribution in [0.3, 0.4) is 0 Å². The minimum absolute atomic E-state index is 0.106. The molecule has 0 heterocycles. The van der Waals surface area contributed by atoms with Gasteiger partial charge < -0.3 is 10.2 Å². The minimum Gasteiger partial charge on any atom is -0.505 e. The number of nitrogens with zero attached hydrogens (tertiary/aromatic N) is 6. The third-order valence-electron chi connectivity index (χ3n) is 6.27. The molecule has 0 bridgehead atoms. The smallest absolute Gasteiger partial charge is 0.296 e. The van der Waals surface area contributed by atoms with Gasteiger partial charge in [-0.15, -0.1) is 20.5 Å². The van der Waals surface area contributed by atoms with Crippen LogP contribution in [-0.2, 0) is 50.6 Å². The maximum atomic E-state index is 12.3. The van der Waals surface area contributed by atoms with Crippen molar-refractivity contribution < 1.29 is 75.1 Å². The van der Waals surface area contributed by atoms with Crippen molar-refractivity contribution in [3.05, 3.63) is 48.5 Å². The van der Waals surface area contributed by atoms with E-state index in [4.69, 9.17) is 0 Å². The molecule has 23 nitrogen and oxygen atoms in total. The first-order chi connectivity index (χ1) is 23.2. The Morgan fingerprint density at radius 1 is 0.471 bits per heavy atom. The van der Waals surface area contributed by atoms with Crippen LogP contribution in [0.15, 0.2) is 104 Å². The molecule has 0 fully saturated rings. The summed E-state index contributed by atoms with van der Waals surface area (Å²) < 4.78 is 168. The van der Waals surface area contributed by atoms with Crippen LogP contribution in [-0.4, -0.2) is 82.1 Å². The Labute approximate surface area is 286 Å². The predicted molar refractivity (Wildman–Crippen MR) is 168 cm³/mol. The Morgan fingerprint density at radius 3 is 1.37 bits per heavy atom. The molecule has 4 aromatic rings. The number of hydrogen-bond acceptors (Lipinski definition) is 18. The molecule has 28 heteroatoms. The van der Waals surface area contributed by atoms with Crippen LogP contribution in [0.25, 0.3) is 10.8 Å². The van der Waals surface area contributed by atoms with Crippen LogP contribution in [0, 0.1) is 0 Å². The van der Waals surface area contributed by atoms with Crippen LogP contribution < -0.4 is 0 Å². The van der Waals surface area contributed by atoms with E-state index >= 15 is 0 Å². The molecule has 0 aliphatic carbocycles. The highest BCUT2D eigenvalue weighted by Gasteiger charge is 2.29. The Balaban J connectivity index is 2.09. The summed E-state index contributed by atoms with van der Waals surface area (Å²) in [6.07, 6.45) is 0. The summed E-state index contributed by atoms with van der Waals surface area (Å²) in [5.41, 5.74) is -4.47. The Bertz CT molecular complexity index is 2800. The van der Waals surface area contributed by atoms with Crippen LogP contribution in [0.2, 0.25) is 0 Å². The monoisotopic (exact) mass is 810 g/mol. The fourth-order valence-electron chi connectivity index (χ4n) is 4.18. The lowest BCUT2D eigenvalue weighted by atomic mass is 10.1. The van der Waals surface area contributed by atoms with Gasteiger partial charge in [0.1, 0.15) is 42.3 Å². The van der Waals surface area contributed by atoms with Gasteiger partial charge in [0.05, 0.1) is 16.0 Å². The summed E-state index contributed by atoms with van der Waals surface area (Å²) in [5.74, 6) is -2.91. The quantitative estimate of drug-likeness (QED) is 0.0877. The number of rotatable bonds is 10. The third kappa shape index (κ3) is 8.36. The fraction of sp³-hybridized carbons (Fsp3) is 0.0435. The van der Waals surface area contributed by atoms with E-state index in [0.717, 1.165) is 18.2 Å². The first-order valence-corrected chi connectivity index (χ1v) is 19.8. The number of hydrogen-bond donors (Lipinski definition) is 7. The molecule has 0 atom stereocenters. The second kappa shape index (κ2) is 13.3. The van der Waals surface area contributed by atoms with Crippen molar-refractivity contribution in [1.29, 1.82) is 0 Å². The normalized spacial score (nSPS) is 13.6. The molecular weight excluding hydrogens is 793 g/mol. The molecule has 0 aliphatic rings. The van der Waals surface area contributed by atoms with Crippen molar-refractivity contribution in [2.75, 3.05) is 7.05 Å². The molecule has 0 saturated heterocycles. The summed E-state index contributed by atoms with van der Waals surface area (Å²) >= 11 is 0. The molecule has 0 unspecified atom stereocenters. The SMILES string of the molecule is CN=Nc1ccc(N=Nc2c(S(=O)(=O)O)cc3cc(S(=O)(=O)O)c(N=Nc4cc(S(=O)(=O)O)ccc4S(=O)(=O)O)c(O)c3c2O)c(S(=O)(=O)O)c1. The van der Waals surface area contributed by atoms with Crippen molar-refractivity contribution in [3.8, 4) is 11.5 Å². The van der Waals surface area contributed by atoms with E-state index in [1.165, 1.54) is 7.05 Å². The maximum absolute atomic E-state index is 12.3. The van der Waals surface area contributed by atoms with E-state index in [9.17, 15) is 75.1 Å². The largest absolute Gasteiger partial charge is 0.505 e. The van der Waals surface area contributed by atoms with Crippen LogP contribution in [0.1, 0.15) is 0 Å². The summed E-state index contributed by atoms with van der Waals surface area (Å²) in [4.78, 5) is -5.86. The number of benzene rings is 4. The van der Waals surface area contributed by atoms with Gasteiger partial charge in [-0.2, -0.15) is 52.3 Å². The van der Waals surface area contributed by atoms with Gasteiger partial charge in [0.15, 0.2) is 11.5 Å². The van der Waals surface area contributed by atoms with E-state index in [1.54, 1.807) is 0 Å². The summed E-state index contributed by atoms with van der Waals surface area (Å²) in [6, 6.07) is 4.93. The van der Waals surface area contributed by atoms with Crippen LogP contribution in [0.4, 0.5) is 28.4 Å². The zero-order valence-electron chi connectivity index (χ0n) is 24.6. The standard InChI is InChI=1S/C23H18N6O17S5/c1-24-25-11-2-4-13(16(8-11)49(38,39)40)26-28-20-17(50(41,42)43)6-10-7-18(51(44,45)46)21(23(31)19(10)22(20)30)29-27-14-9-12(47(32,33)34)3-5-15(14)48(35,36)37/h2-9,30-31H,1H3,(H,32,33,34)(H,35,36,37)(H,38,39,40)(H,41,42,43)(H,44,45,46). The molecule has 4 rings (SSSR count). The molecule has 0 aromatic heterocycles. The molecule has 4 aromatic carbocycles. The molecule has 0 saturated carbocycles. The number of aromatic hydroxyl groups is 2. The topological polar surface area (TPSA) is 386 Å². The average molecular weight is 811 g/mol. The highest BCUT2D eigenvalue weighted by Crippen LogP contribution is 2.50. The lowest BCUT2D eigenvalue weighted by Gasteiger charge is -2.13. The summed E-state index contributed by atoms with van der Waals surface area (Å²) in [6.45, 7) is 0. The van der Waals surface area contributed by atoms with E-state index in [0.29, 0.717) is 30.3 Å². The van der Waals surface area contributed by atoms with Crippen molar-refractivity contribution in [2.24, 2.45) is 30.7 Å². The number of phenols is 2. The molecule has 0 spiro atoms. The first-order valence-electron chi connectivity index (χ1n) is 12.6. The van der Waals surface area contributed by atoms with E-state index in [2.05, 4.69) is 30.7 Å². The Hall–Kier alpha value is -4.91. The van der Waals surface area contributed by atoms with Crippen molar-refractivity contribution >= 4 is 89.8 Å². The highest BCUT2D eigenvalue weighted by atomic mass is 32.2. The van der Waals surface area contributed by atoms with Gasteiger partial charge >= 0.3 is 0 Å². The minimum atomic E-state index is -5.51. The van der Waals surface area contributed by atoms with E-state index in [-0.39, 0.29) is 5.69 Å². The number of fused-ring (bicyclic) bond motifs is 1. The van der Waals surface area contributed by atoms with Crippen molar-refractivity contribution in [1.82, 2.24) is 0 Å². The molecular formula is C23H18N6O17S5. The lowest BCUT2D eigenvalue weighted by molar-refractivity contribution is 0.458. The lowest BCUT2D eigenvalue weighted by Crippen LogP contribution is -2.02. The zero-order chi connectivity index (χ0) is 38.5. The second-order valence-electron chi connectivity index (χ2n) is 9.60. The van der Waals surface area contributed by atoms with Gasteiger partial charge in [-0.05, 0) is 53.9 Å². The molecule has 272 valence electrons. The van der Waals surface area contributed by atoms with E-state index in [1.807, 2.05) is 0 Å². The first kappa shape index (κ1) is 38.9. The van der Waals surface area contributed by atoms with Crippen molar-refractivity contribution in [3.63, 3.8) is 0 Å². The predicted octanol–water partition coefficient (Wildman–Crippen LogP) is 4.03. The maximum Gasteiger partial charge on any atom is 0.296 e. The second-order valence-corrected chi connectivity index (χ2v) is 16.6. The van der Waals surface area contributed by atoms with Gasteiger partial charge in [-0.25, -0.2) is 0 Å². The van der Waals surface area contributed by atoms with E-state index < -0.39 is 120 Å². The van der Waals surface area contributed by atoms with Gasteiger partial charge in [0, 0.05) is 7.05 Å². The molecule has 0 amide bonds. The summed E-state index contributed by atoms with van der Waals surface area (Å²) in [7, 11) is -25.1. The zero-order valence-corrected chi connectivity index (χ0v) is 28.6. The van der Waals surface area contributed by atoms with Crippen molar-refractivity contribution in [2.45, 2.75) is 24.5 Å². The van der Waals surface area contributed by atoms with Gasteiger partial charge in [-0.3, -0.25) is 22.8 Å². The summed E-state index contributed by atoms with van der Waals surface area (Å²) in [5, 5.41) is 41.1. The number of azo groups is 3. The van der Waals surface area contributed by atoms with Crippen LogP contribution >= 0.6 is 0 Å². The fourth-order valence-corrected chi connectivity index (χ4v) is 7.24. The van der Waals surface area contributed by atoms with Gasteiger partial charge in [-0.1, -0.05) is 0 Å². The highest BCUT2D eigenvalue weighted by molar-refractivity contribution is 7.87. The molecule has 51 heavy (non-hydrogen) atoms. The average Bonchev–Trinajstić information content (AvgIpc) is 2.97. The van der Waals surface area contributed by atoms with Gasteiger partial charge in [0.25, 0.3) is 50.6 Å². The number of phenolic OH excluding ortho intramolecular Hbond substituents is 2. The molecule has 0 aliphatic heterocycles. The third-order valence-corrected chi connectivity index (χ3v) is 10.6. The molecule has 7 N–H and O–H groups in total. The van der Waals surface area contributed by atoms with Crippen LogP contribution in [0.5, 0.6) is 11.5 Å². The Morgan fingerprint density at radius 2 is 0.941 bits per heavy atom. The van der Waals surface area contributed by atoms with Gasteiger partial charge in [0.2, 0.25) is 0 Å². The molecule has 0 radical (unpaired) electrons.